The van der Waals surface area contributed by atoms with Gasteiger partial charge in [0, 0.05) is 32.7 Å². The Morgan fingerprint density at radius 3 is 2.45 bits per heavy atom. The Balaban J connectivity index is 0.00000300. The number of piperidine rings is 1. The van der Waals surface area contributed by atoms with Crippen LogP contribution in [0, 0.1) is 5.92 Å². The first-order chi connectivity index (χ1) is 13.8. The summed E-state index contributed by atoms with van der Waals surface area (Å²) >= 11 is 0. The molecule has 29 heavy (non-hydrogen) atoms. The van der Waals surface area contributed by atoms with Crippen molar-refractivity contribution < 1.29 is 0 Å². The van der Waals surface area contributed by atoms with Gasteiger partial charge in [0.2, 0.25) is 0 Å². The number of halogens is 1. The molecule has 0 aromatic heterocycles. The van der Waals surface area contributed by atoms with E-state index in [9.17, 15) is 0 Å². The van der Waals surface area contributed by atoms with Gasteiger partial charge in [0.05, 0.1) is 0 Å². The van der Waals surface area contributed by atoms with Crippen molar-refractivity contribution in [3.63, 3.8) is 0 Å². The molecule has 0 bridgehead atoms. The van der Waals surface area contributed by atoms with Crippen molar-refractivity contribution in [2.24, 2.45) is 10.9 Å². The molecule has 1 aromatic rings. The van der Waals surface area contributed by atoms with Crippen LogP contribution in [0.2, 0.25) is 0 Å². The molecular weight excluding hydrogens is 473 g/mol. The summed E-state index contributed by atoms with van der Waals surface area (Å²) in [6.07, 6.45) is 6.44. The fourth-order valence-corrected chi connectivity index (χ4v) is 4.56. The van der Waals surface area contributed by atoms with Gasteiger partial charge in [-0.05, 0) is 69.8 Å². The third-order valence-electron chi connectivity index (χ3n) is 6.26. The Kier molecular flexibility index (Phi) is 11.3. The van der Waals surface area contributed by atoms with Crippen LogP contribution in [0.25, 0.3) is 0 Å². The largest absolute Gasteiger partial charge is 0.356 e. The highest BCUT2D eigenvalue weighted by Crippen LogP contribution is 2.19. The number of likely N-dealkylation sites (tertiary alicyclic amines) is 2. The molecule has 1 unspecified atom stereocenters. The third kappa shape index (κ3) is 8.06. The Morgan fingerprint density at radius 1 is 1.03 bits per heavy atom. The second-order valence-corrected chi connectivity index (χ2v) is 8.37. The lowest BCUT2D eigenvalue weighted by Gasteiger charge is -2.32. The molecule has 0 saturated carbocycles. The maximum absolute atomic E-state index is 4.45. The minimum Gasteiger partial charge on any atom is -0.356 e. The van der Waals surface area contributed by atoms with Crippen LogP contribution in [0.3, 0.4) is 0 Å². The summed E-state index contributed by atoms with van der Waals surface area (Å²) in [6.45, 7) is 10.3. The zero-order chi connectivity index (χ0) is 19.6. The molecule has 2 aliphatic heterocycles. The van der Waals surface area contributed by atoms with E-state index in [-0.39, 0.29) is 24.0 Å². The van der Waals surface area contributed by atoms with E-state index in [1.165, 1.54) is 63.8 Å². The standard InChI is InChI=1S/C23H39N5.HI/c1-3-13-27-15-11-20(12-16-27)17-25-23(24-2)26-18-22-10-7-14-28(22)19-21-8-5-4-6-9-21;/h4-6,8-9,20,22H,3,7,10-19H2,1-2H3,(H2,24,25,26);1H. The zero-order valence-electron chi connectivity index (χ0n) is 18.3. The molecule has 6 heteroatoms. The molecule has 2 fully saturated rings. The van der Waals surface area contributed by atoms with Crippen LogP contribution in [0.5, 0.6) is 0 Å². The molecular formula is C23H40IN5. The molecule has 2 aliphatic rings. The number of hydrogen-bond acceptors (Lipinski definition) is 3. The summed E-state index contributed by atoms with van der Waals surface area (Å²) in [7, 11) is 1.88. The monoisotopic (exact) mass is 513 g/mol. The first-order valence-electron chi connectivity index (χ1n) is 11.2. The van der Waals surface area contributed by atoms with Crippen molar-refractivity contribution in [3.05, 3.63) is 35.9 Å². The van der Waals surface area contributed by atoms with E-state index in [4.69, 9.17) is 0 Å². The molecule has 0 amide bonds. The van der Waals surface area contributed by atoms with Gasteiger partial charge in [0.1, 0.15) is 0 Å². The lowest BCUT2D eigenvalue weighted by Crippen LogP contribution is -2.46. The van der Waals surface area contributed by atoms with E-state index < -0.39 is 0 Å². The van der Waals surface area contributed by atoms with Crippen molar-refractivity contribution in [2.75, 3.05) is 46.3 Å². The van der Waals surface area contributed by atoms with Crippen LogP contribution >= 0.6 is 24.0 Å². The summed E-state index contributed by atoms with van der Waals surface area (Å²) in [5, 5.41) is 7.16. The molecule has 0 spiro atoms. The number of aliphatic imine (C=N–C) groups is 1. The van der Waals surface area contributed by atoms with Gasteiger partial charge in [-0.1, -0.05) is 37.3 Å². The molecule has 1 aromatic carbocycles. The highest BCUT2D eigenvalue weighted by atomic mass is 127. The molecule has 2 saturated heterocycles. The highest BCUT2D eigenvalue weighted by Gasteiger charge is 2.24. The third-order valence-corrected chi connectivity index (χ3v) is 6.26. The van der Waals surface area contributed by atoms with E-state index in [1.807, 2.05) is 7.05 Å². The summed E-state index contributed by atoms with van der Waals surface area (Å²) in [5.41, 5.74) is 1.41. The SMILES string of the molecule is CCCN1CCC(CNC(=NC)NCC2CCCN2Cc2ccccc2)CC1.I. The fraction of sp³-hybridized carbons (Fsp3) is 0.696. The van der Waals surface area contributed by atoms with Crippen LogP contribution in [0.15, 0.2) is 35.3 Å². The second-order valence-electron chi connectivity index (χ2n) is 8.37. The number of nitrogens with zero attached hydrogens (tertiary/aromatic N) is 3. The number of hydrogen-bond donors (Lipinski definition) is 2. The van der Waals surface area contributed by atoms with Crippen molar-refractivity contribution in [3.8, 4) is 0 Å². The smallest absolute Gasteiger partial charge is 0.191 e. The molecule has 2 heterocycles. The maximum Gasteiger partial charge on any atom is 0.191 e. The average molecular weight is 514 g/mol. The minimum absolute atomic E-state index is 0. The van der Waals surface area contributed by atoms with Crippen molar-refractivity contribution >= 4 is 29.9 Å². The predicted octanol–water partition coefficient (Wildman–Crippen LogP) is 3.56. The first kappa shape index (κ1) is 24.4. The number of nitrogens with one attached hydrogen (secondary N) is 2. The van der Waals surface area contributed by atoms with Crippen molar-refractivity contribution in [1.82, 2.24) is 20.4 Å². The van der Waals surface area contributed by atoms with Gasteiger partial charge in [0.15, 0.2) is 5.96 Å². The van der Waals surface area contributed by atoms with E-state index >= 15 is 0 Å². The van der Waals surface area contributed by atoms with Gasteiger partial charge in [-0.2, -0.15) is 0 Å². The number of rotatable bonds is 8. The van der Waals surface area contributed by atoms with Gasteiger partial charge in [0.25, 0.3) is 0 Å². The normalized spacial score (nSPS) is 21.7. The van der Waals surface area contributed by atoms with Gasteiger partial charge in [-0.3, -0.25) is 9.89 Å². The van der Waals surface area contributed by atoms with E-state index in [0.717, 1.165) is 31.5 Å². The second kappa shape index (κ2) is 13.4. The zero-order valence-corrected chi connectivity index (χ0v) is 20.6. The summed E-state index contributed by atoms with van der Waals surface area (Å²) in [6, 6.07) is 11.4. The molecule has 3 rings (SSSR count). The molecule has 1 atom stereocenters. The van der Waals surface area contributed by atoms with Gasteiger partial charge >= 0.3 is 0 Å². The lowest BCUT2D eigenvalue weighted by atomic mass is 9.97. The summed E-state index contributed by atoms with van der Waals surface area (Å²) in [5.74, 6) is 1.73. The Hall–Kier alpha value is -0.860. The van der Waals surface area contributed by atoms with E-state index in [1.54, 1.807) is 0 Å². The van der Waals surface area contributed by atoms with Gasteiger partial charge in [-0.15, -0.1) is 24.0 Å². The minimum atomic E-state index is 0. The maximum atomic E-state index is 4.45. The first-order valence-corrected chi connectivity index (χ1v) is 11.2. The molecule has 0 aliphatic carbocycles. The number of guanidine groups is 1. The Labute approximate surface area is 194 Å². The van der Waals surface area contributed by atoms with Crippen LogP contribution in [0.1, 0.15) is 44.6 Å². The van der Waals surface area contributed by atoms with Gasteiger partial charge in [-0.25, -0.2) is 0 Å². The Bertz CT molecular complexity index is 586. The fourth-order valence-electron chi connectivity index (χ4n) is 4.56. The van der Waals surface area contributed by atoms with Crippen LogP contribution in [0.4, 0.5) is 0 Å². The van der Waals surface area contributed by atoms with Gasteiger partial charge < -0.3 is 15.5 Å². The van der Waals surface area contributed by atoms with Crippen molar-refractivity contribution in [2.45, 2.75) is 51.6 Å². The number of benzene rings is 1. The lowest BCUT2D eigenvalue weighted by molar-refractivity contribution is 0.185. The topological polar surface area (TPSA) is 42.9 Å². The summed E-state index contributed by atoms with van der Waals surface area (Å²) in [4.78, 5) is 9.66. The van der Waals surface area contributed by atoms with Crippen LogP contribution in [-0.2, 0) is 6.54 Å². The van der Waals surface area contributed by atoms with Crippen molar-refractivity contribution in [1.29, 1.82) is 0 Å². The molecule has 0 radical (unpaired) electrons. The molecule has 164 valence electrons. The van der Waals surface area contributed by atoms with E-state index in [0.29, 0.717) is 6.04 Å². The molecule has 5 nitrogen and oxygen atoms in total. The quantitative estimate of drug-likeness (QED) is 0.317. The predicted molar refractivity (Wildman–Crippen MR) is 134 cm³/mol. The van der Waals surface area contributed by atoms with Crippen LogP contribution in [-0.4, -0.2) is 68.1 Å². The molecule has 2 N–H and O–H groups in total. The van der Waals surface area contributed by atoms with Crippen LogP contribution < -0.4 is 10.6 Å². The average Bonchev–Trinajstić information content (AvgIpc) is 3.17. The summed E-state index contributed by atoms with van der Waals surface area (Å²) < 4.78 is 0. The highest BCUT2D eigenvalue weighted by molar-refractivity contribution is 14.0. The van der Waals surface area contributed by atoms with E-state index in [2.05, 4.69) is 62.7 Å². The Morgan fingerprint density at radius 2 is 1.76 bits per heavy atom.